The molecule has 0 fully saturated rings. The van der Waals surface area contributed by atoms with Crippen molar-refractivity contribution in [1.29, 1.82) is 0 Å². The Labute approximate surface area is 222 Å². The predicted octanol–water partition coefficient (Wildman–Crippen LogP) is 11.6. The van der Waals surface area contributed by atoms with Gasteiger partial charge in [0.25, 0.3) is 0 Å². The van der Waals surface area contributed by atoms with E-state index in [9.17, 15) is 4.79 Å². The largest absolute Gasteiger partial charge is 0.465 e. The van der Waals surface area contributed by atoms with Gasteiger partial charge in [-0.25, -0.2) is 0 Å². The van der Waals surface area contributed by atoms with Crippen LogP contribution < -0.4 is 0 Å². The van der Waals surface area contributed by atoms with Gasteiger partial charge in [0, 0.05) is 0 Å². The lowest BCUT2D eigenvalue weighted by Gasteiger charge is -2.19. The standard InChI is InChI=1S/C33H66O2/c1-5-8-11-13-15-17-18-19-20-22-24-26-29-32(28-25-23-21-16-14-12-9-6-2)30-35-33(34)31(4)27-10-7-3/h31-32H,5-30H2,1-4H3. The van der Waals surface area contributed by atoms with Gasteiger partial charge >= 0.3 is 5.97 Å². The van der Waals surface area contributed by atoms with Crippen molar-refractivity contribution in [2.24, 2.45) is 11.8 Å². The van der Waals surface area contributed by atoms with Crippen LogP contribution in [-0.2, 0) is 9.53 Å². The SMILES string of the molecule is CCCCCCCCCCCCCCC(CCCCCCCCCC)COC(=O)C(C)CCCC. The third-order valence-corrected chi connectivity index (χ3v) is 7.79. The molecule has 2 nitrogen and oxygen atoms in total. The zero-order valence-corrected chi connectivity index (χ0v) is 24.9. The van der Waals surface area contributed by atoms with Crippen molar-refractivity contribution in [2.75, 3.05) is 6.61 Å². The number of hydrogen-bond donors (Lipinski definition) is 0. The number of esters is 1. The van der Waals surface area contributed by atoms with Gasteiger partial charge < -0.3 is 4.74 Å². The Kier molecular flexibility index (Phi) is 27.6. The number of unbranched alkanes of at least 4 members (excludes halogenated alkanes) is 19. The van der Waals surface area contributed by atoms with Crippen LogP contribution in [0.2, 0.25) is 0 Å². The summed E-state index contributed by atoms with van der Waals surface area (Å²) in [6.45, 7) is 9.46. The van der Waals surface area contributed by atoms with Gasteiger partial charge in [-0.2, -0.15) is 0 Å². The van der Waals surface area contributed by atoms with E-state index in [0.29, 0.717) is 12.5 Å². The van der Waals surface area contributed by atoms with Crippen molar-refractivity contribution < 1.29 is 9.53 Å². The molecule has 0 saturated carbocycles. The second-order valence-corrected chi connectivity index (χ2v) is 11.5. The highest BCUT2D eigenvalue weighted by atomic mass is 16.5. The molecule has 0 aliphatic heterocycles. The summed E-state index contributed by atoms with van der Waals surface area (Å²) in [5.41, 5.74) is 0. The fraction of sp³-hybridized carbons (Fsp3) is 0.970. The van der Waals surface area contributed by atoms with E-state index in [1.807, 2.05) is 6.92 Å². The minimum Gasteiger partial charge on any atom is -0.465 e. The van der Waals surface area contributed by atoms with E-state index >= 15 is 0 Å². The third kappa shape index (κ3) is 24.9. The first-order chi connectivity index (χ1) is 17.2. The van der Waals surface area contributed by atoms with Crippen molar-refractivity contribution in [3.8, 4) is 0 Å². The Morgan fingerprint density at radius 3 is 1.20 bits per heavy atom. The number of carbonyl (C=O) groups excluding carboxylic acids is 1. The molecule has 0 amide bonds. The van der Waals surface area contributed by atoms with E-state index in [2.05, 4.69) is 20.8 Å². The van der Waals surface area contributed by atoms with Crippen LogP contribution in [0.25, 0.3) is 0 Å². The van der Waals surface area contributed by atoms with E-state index in [0.717, 1.165) is 19.3 Å². The molecule has 2 unspecified atom stereocenters. The summed E-state index contributed by atoms with van der Waals surface area (Å²) in [6, 6.07) is 0. The fourth-order valence-electron chi connectivity index (χ4n) is 5.12. The Morgan fingerprint density at radius 2 is 0.829 bits per heavy atom. The molecule has 0 aliphatic carbocycles. The smallest absolute Gasteiger partial charge is 0.308 e. The molecule has 2 atom stereocenters. The van der Waals surface area contributed by atoms with Gasteiger partial charge in [0.2, 0.25) is 0 Å². The van der Waals surface area contributed by atoms with E-state index in [1.54, 1.807) is 0 Å². The minimum atomic E-state index is 0.0362. The third-order valence-electron chi connectivity index (χ3n) is 7.79. The molecule has 0 aromatic carbocycles. The highest BCUT2D eigenvalue weighted by Gasteiger charge is 2.17. The maximum atomic E-state index is 12.4. The average molecular weight is 495 g/mol. The Hall–Kier alpha value is -0.530. The van der Waals surface area contributed by atoms with E-state index in [4.69, 9.17) is 4.74 Å². The Morgan fingerprint density at radius 1 is 0.486 bits per heavy atom. The number of hydrogen-bond acceptors (Lipinski definition) is 2. The molecule has 0 aromatic rings. The van der Waals surface area contributed by atoms with Crippen LogP contribution in [0.4, 0.5) is 0 Å². The predicted molar refractivity (Wildman–Crippen MR) is 156 cm³/mol. The van der Waals surface area contributed by atoms with Crippen LogP contribution in [0.3, 0.4) is 0 Å². The first-order valence-corrected chi connectivity index (χ1v) is 16.3. The van der Waals surface area contributed by atoms with Crippen LogP contribution in [0, 0.1) is 11.8 Å². The molecule has 35 heavy (non-hydrogen) atoms. The summed E-state index contributed by atoms with van der Waals surface area (Å²) in [6.07, 6.45) is 33.5. The molecule has 0 aliphatic rings. The first-order valence-electron chi connectivity index (χ1n) is 16.3. The topological polar surface area (TPSA) is 26.3 Å². The summed E-state index contributed by atoms with van der Waals surface area (Å²) >= 11 is 0. The van der Waals surface area contributed by atoms with Crippen LogP contribution in [0.15, 0.2) is 0 Å². The monoisotopic (exact) mass is 495 g/mol. The second kappa shape index (κ2) is 28.0. The van der Waals surface area contributed by atoms with Crippen molar-refractivity contribution in [3.05, 3.63) is 0 Å². The number of ether oxygens (including phenoxy) is 1. The van der Waals surface area contributed by atoms with Crippen molar-refractivity contribution >= 4 is 5.97 Å². The maximum absolute atomic E-state index is 12.4. The lowest BCUT2D eigenvalue weighted by Crippen LogP contribution is -2.19. The molecule has 0 N–H and O–H groups in total. The van der Waals surface area contributed by atoms with Crippen LogP contribution in [0.1, 0.15) is 188 Å². The molecule has 0 heterocycles. The molecular weight excluding hydrogens is 428 g/mol. The maximum Gasteiger partial charge on any atom is 0.308 e. The van der Waals surface area contributed by atoms with Gasteiger partial charge in [-0.15, -0.1) is 0 Å². The Bertz CT molecular complexity index is 419. The van der Waals surface area contributed by atoms with Gasteiger partial charge in [0.05, 0.1) is 12.5 Å². The summed E-state index contributed by atoms with van der Waals surface area (Å²) in [4.78, 5) is 12.4. The molecule has 210 valence electrons. The van der Waals surface area contributed by atoms with Gasteiger partial charge in [0.1, 0.15) is 0 Å². The van der Waals surface area contributed by atoms with E-state index < -0.39 is 0 Å². The van der Waals surface area contributed by atoms with Crippen molar-refractivity contribution in [1.82, 2.24) is 0 Å². The molecule has 2 heteroatoms. The molecule has 0 aromatic heterocycles. The summed E-state index contributed by atoms with van der Waals surface area (Å²) in [5.74, 6) is 0.667. The molecule has 0 radical (unpaired) electrons. The van der Waals surface area contributed by atoms with Crippen LogP contribution in [-0.4, -0.2) is 12.6 Å². The lowest BCUT2D eigenvalue weighted by atomic mass is 9.94. The molecule has 0 saturated heterocycles. The van der Waals surface area contributed by atoms with Crippen LogP contribution >= 0.6 is 0 Å². The molecule has 0 bridgehead atoms. The van der Waals surface area contributed by atoms with E-state index in [1.165, 1.54) is 141 Å². The average Bonchev–Trinajstić information content (AvgIpc) is 2.87. The highest BCUT2D eigenvalue weighted by molar-refractivity contribution is 5.71. The zero-order valence-electron chi connectivity index (χ0n) is 24.9. The summed E-state index contributed by atoms with van der Waals surface area (Å²) < 4.78 is 5.80. The minimum absolute atomic E-state index is 0.0362. The fourth-order valence-corrected chi connectivity index (χ4v) is 5.12. The molecular formula is C33H66O2. The van der Waals surface area contributed by atoms with Gasteiger partial charge in [0.15, 0.2) is 0 Å². The summed E-state index contributed by atoms with van der Waals surface area (Å²) in [5, 5.41) is 0. The highest BCUT2D eigenvalue weighted by Crippen LogP contribution is 2.21. The first kappa shape index (κ1) is 34.5. The zero-order chi connectivity index (χ0) is 25.8. The second-order valence-electron chi connectivity index (χ2n) is 11.5. The van der Waals surface area contributed by atoms with Crippen LogP contribution in [0.5, 0.6) is 0 Å². The van der Waals surface area contributed by atoms with Gasteiger partial charge in [-0.05, 0) is 25.2 Å². The van der Waals surface area contributed by atoms with Gasteiger partial charge in [-0.3, -0.25) is 4.79 Å². The summed E-state index contributed by atoms with van der Waals surface area (Å²) in [7, 11) is 0. The lowest BCUT2D eigenvalue weighted by molar-refractivity contribution is -0.149. The number of rotatable bonds is 28. The van der Waals surface area contributed by atoms with Crippen molar-refractivity contribution in [3.63, 3.8) is 0 Å². The van der Waals surface area contributed by atoms with Gasteiger partial charge in [-0.1, -0.05) is 169 Å². The molecule has 0 rings (SSSR count). The Balaban J connectivity index is 4.02. The normalized spacial score (nSPS) is 13.1. The van der Waals surface area contributed by atoms with Crippen molar-refractivity contribution in [2.45, 2.75) is 188 Å². The molecule has 0 spiro atoms. The quantitative estimate of drug-likeness (QED) is 0.0798. The number of carbonyl (C=O) groups is 1. The van der Waals surface area contributed by atoms with E-state index in [-0.39, 0.29) is 11.9 Å².